The fourth-order valence-corrected chi connectivity index (χ4v) is 6.12. The molecular weight excluding hydrogens is 340 g/mol. The molecule has 0 spiro atoms. The minimum Gasteiger partial charge on any atom is -0.411 e. The van der Waals surface area contributed by atoms with Gasteiger partial charge >= 0.3 is 0 Å². The second-order valence-electron chi connectivity index (χ2n) is 6.32. The number of thiophene rings is 1. The van der Waals surface area contributed by atoms with Crippen molar-refractivity contribution in [3.05, 3.63) is 83.1 Å². The molecule has 0 aliphatic heterocycles. The third-order valence-electron chi connectivity index (χ3n) is 4.39. The minimum absolute atomic E-state index is 0.875. The van der Waals surface area contributed by atoms with Crippen molar-refractivity contribution in [1.29, 1.82) is 0 Å². The van der Waals surface area contributed by atoms with Crippen molar-refractivity contribution in [3.63, 3.8) is 0 Å². The first-order chi connectivity index (χ1) is 12.4. The van der Waals surface area contributed by atoms with Crippen LogP contribution in [-0.2, 0) is 10.8 Å². The van der Waals surface area contributed by atoms with Crippen molar-refractivity contribution >= 4 is 30.8 Å². The van der Waals surface area contributed by atoms with Crippen LogP contribution in [0.5, 0.6) is 0 Å². The van der Waals surface area contributed by atoms with Gasteiger partial charge in [-0.25, -0.2) is 0 Å². The van der Waals surface area contributed by atoms with Gasteiger partial charge in [-0.2, -0.15) is 0 Å². The van der Waals surface area contributed by atoms with Crippen LogP contribution in [0.3, 0.4) is 0 Å². The topological polar surface area (TPSA) is 9.23 Å². The standard InChI is InChI=1S/C22H26OSSi/c1(5-12-20-13-11-19-24-20)2-10-18-23-25(21-14-6-3-7-15-21)22-16-8-4-9-17-22/h3-4,6-9,11,13-17,19,25H,1-2,5,10,12,18H2. The Morgan fingerprint density at radius 3 is 1.92 bits per heavy atom. The highest BCUT2D eigenvalue weighted by atomic mass is 32.1. The predicted octanol–water partition coefficient (Wildman–Crippen LogP) is 4.41. The van der Waals surface area contributed by atoms with E-state index >= 15 is 0 Å². The van der Waals surface area contributed by atoms with Gasteiger partial charge in [-0.1, -0.05) is 79.6 Å². The van der Waals surface area contributed by atoms with Crippen LogP contribution < -0.4 is 10.4 Å². The lowest BCUT2D eigenvalue weighted by Crippen LogP contribution is -2.45. The molecule has 0 bridgehead atoms. The third-order valence-corrected chi connectivity index (χ3v) is 7.87. The van der Waals surface area contributed by atoms with Gasteiger partial charge in [0.2, 0.25) is 9.04 Å². The number of rotatable bonds is 10. The van der Waals surface area contributed by atoms with Gasteiger partial charge in [0.15, 0.2) is 0 Å². The molecule has 1 nitrogen and oxygen atoms in total. The molecule has 3 aromatic rings. The van der Waals surface area contributed by atoms with E-state index in [4.69, 9.17) is 4.43 Å². The summed E-state index contributed by atoms with van der Waals surface area (Å²) in [6.07, 6.45) is 6.23. The number of unbranched alkanes of at least 4 members (excludes halogenated alkanes) is 3. The first kappa shape index (κ1) is 18.1. The zero-order valence-corrected chi connectivity index (χ0v) is 16.6. The Kier molecular flexibility index (Phi) is 7.49. The number of benzene rings is 2. The monoisotopic (exact) mass is 366 g/mol. The van der Waals surface area contributed by atoms with Crippen molar-refractivity contribution < 1.29 is 4.43 Å². The molecule has 130 valence electrons. The van der Waals surface area contributed by atoms with E-state index in [9.17, 15) is 0 Å². The van der Waals surface area contributed by atoms with Gasteiger partial charge < -0.3 is 4.43 Å². The summed E-state index contributed by atoms with van der Waals surface area (Å²) >= 11 is 1.87. The van der Waals surface area contributed by atoms with Crippen LogP contribution in [0.25, 0.3) is 0 Å². The Morgan fingerprint density at radius 1 is 0.680 bits per heavy atom. The highest BCUT2D eigenvalue weighted by Crippen LogP contribution is 2.13. The van der Waals surface area contributed by atoms with Crippen LogP contribution >= 0.6 is 11.3 Å². The Labute approximate surface area is 157 Å². The Balaban J connectivity index is 1.43. The normalized spacial score (nSPS) is 11.1. The molecule has 0 aliphatic rings. The van der Waals surface area contributed by atoms with Crippen LogP contribution in [-0.4, -0.2) is 15.6 Å². The fraction of sp³-hybridized carbons (Fsp3) is 0.273. The predicted molar refractivity (Wildman–Crippen MR) is 112 cm³/mol. The van der Waals surface area contributed by atoms with E-state index in [-0.39, 0.29) is 0 Å². The van der Waals surface area contributed by atoms with Gasteiger partial charge in [-0.3, -0.25) is 0 Å². The molecule has 0 amide bonds. The summed E-state index contributed by atoms with van der Waals surface area (Å²) in [4.78, 5) is 1.51. The highest BCUT2D eigenvalue weighted by Gasteiger charge is 2.16. The van der Waals surface area contributed by atoms with Gasteiger partial charge in [0.05, 0.1) is 0 Å². The van der Waals surface area contributed by atoms with Crippen molar-refractivity contribution in [2.75, 3.05) is 6.61 Å². The van der Waals surface area contributed by atoms with Gasteiger partial charge in [0.1, 0.15) is 0 Å². The molecule has 0 atom stereocenters. The van der Waals surface area contributed by atoms with Crippen LogP contribution in [0, 0.1) is 0 Å². The molecule has 3 heteroatoms. The molecule has 0 unspecified atom stereocenters. The molecule has 0 N–H and O–H groups in total. The smallest absolute Gasteiger partial charge is 0.239 e. The number of aryl methyl sites for hydroxylation is 1. The Bertz CT molecular complexity index is 658. The summed E-state index contributed by atoms with van der Waals surface area (Å²) < 4.78 is 6.41. The SMILES string of the molecule is c1ccc([SiH](OCCCCCCc2cccs2)c2ccccc2)cc1. The summed E-state index contributed by atoms with van der Waals surface area (Å²) in [5.74, 6) is 0. The highest BCUT2D eigenvalue weighted by molar-refractivity contribution is 7.09. The maximum atomic E-state index is 6.41. The van der Waals surface area contributed by atoms with E-state index in [1.54, 1.807) is 0 Å². The Hall–Kier alpha value is -1.68. The molecule has 2 aromatic carbocycles. The Morgan fingerprint density at radius 2 is 1.32 bits per heavy atom. The quantitative estimate of drug-likeness (QED) is 0.381. The van der Waals surface area contributed by atoms with Gasteiger partial charge in [-0.05, 0) is 41.1 Å². The molecular formula is C22H26OSSi. The molecule has 25 heavy (non-hydrogen) atoms. The zero-order chi connectivity index (χ0) is 17.2. The number of hydrogen-bond donors (Lipinski definition) is 0. The van der Waals surface area contributed by atoms with E-state index in [0.717, 1.165) is 13.0 Å². The second-order valence-corrected chi connectivity index (χ2v) is 9.77. The molecule has 0 fully saturated rings. The summed E-state index contributed by atoms with van der Waals surface area (Å²) in [5, 5.41) is 4.90. The molecule has 0 radical (unpaired) electrons. The average Bonchev–Trinajstić information content (AvgIpc) is 3.19. The zero-order valence-electron chi connectivity index (χ0n) is 14.6. The maximum Gasteiger partial charge on any atom is 0.239 e. The largest absolute Gasteiger partial charge is 0.411 e. The maximum absolute atomic E-state index is 6.41. The van der Waals surface area contributed by atoms with Crippen molar-refractivity contribution in [2.24, 2.45) is 0 Å². The molecule has 0 saturated heterocycles. The van der Waals surface area contributed by atoms with E-state index in [1.807, 2.05) is 11.3 Å². The summed E-state index contributed by atoms with van der Waals surface area (Å²) in [7, 11) is -1.55. The van der Waals surface area contributed by atoms with Gasteiger partial charge in [-0.15, -0.1) is 11.3 Å². The second kappa shape index (κ2) is 10.3. The van der Waals surface area contributed by atoms with Crippen molar-refractivity contribution in [3.8, 4) is 0 Å². The molecule has 0 saturated carbocycles. The van der Waals surface area contributed by atoms with Crippen molar-refractivity contribution in [1.82, 2.24) is 0 Å². The molecule has 1 aromatic heterocycles. The molecule has 3 rings (SSSR count). The van der Waals surface area contributed by atoms with E-state index in [0.29, 0.717) is 0 Å². The van der Waals surface area contributed by atoms with Crippen LogP contribution in [0.1, 0.15) is 30.6 Å². The fourth-order valence-electron chi connectivity index (χ4n) is 3.05. The number of hydrogen-bond acceptors (Lipinski definition) is 2. The first-order valence-corrected chi connectivity index (χ1v) is 11.7. The molecule has 1 heterocycles. The van der Waals surface area contributed by atoms with Gasteiger partial charge in [0.25, 0.3) is 0 Å². The van der Waals surface area contributed by atoms with E-state index < -0.39 is 9.04 Å². The first-order valence-electron chi connectivity index (χ1n) is 9.17. The lowest BCUT2D eigenvalue weighted by atomic mass is 10.1. The van der Waals surface area contributed by atoms with Crippen LogP contribution in [0.15, 0.2) is 78.2 Å². The molecule has 0 aliphatic carbocycles. The summed E-state index contributed by atoms with van der Waals surface area (Å²) in [5.41, 5.74) is 0. The van der Waals surface area contributed by atoms with E-state index in [1.165, 1.54) is 40.9 Å². The van der Waals surface area contributed by atoms with Gasteiger partial charge in [0, 0.05) is 11.5 Å². The average molecular weight is 367 g/mol. The van der Waals surface area contributed by atoms with Crippen LogP contribution in [0.4, 0.5) is 0 Å². The summed E-state index contributed by atoms with van der Waals surface area (Å²) in [6, 6.07) is 25.9. The lowest BCUT2D eigenvalue weighted by Gasteiger charge is -2.17. The van der Waals surface area contributed by atoms with Crippen LogP contribution in [0.2, 0.25) is 0 Å². The third kappa shape index (κ3) is 5.96. The van der Waals surface area contributed by atoms with E-state index in [2.05, 4.69) is 78.2 Å². The minimum atomic E-state index is -1.55. The van der Waals surface area contributed by atoms with Crippen molar-refractivity contribution in [2.45, 2.75) is 32.1 Å². The lowest BCUT2D eigenvalue weighted by molar-refractivity contribution is 0.318. The summed E-state index contributed by atoms with van der Waals surface area (Å²) in [6.45, 7) is 0.875.